The maximum atomic E-state index is 6.12. The fraction of sp³-hybridized carbons (Fsp3) is 0.333. The van der Waals surface area contributed by atoms with Crippen LogP contribution in [0.2, 0.25) is 5.02 Å². The van der Waals surface area contributed by atoms with Crippen molar-refractivity contribution in [3.63, 3.8) is 0 Å². The Morgan fingerprint density at radius 1 is 1.14 bits per heavy atom. The SMILES string of the molecule is COc1cc(Cl)c(C)cc1NCc1ccc(C(C)C)cc1. The quantitative estimate of drug-likeness (QED) is 0.799. The van der Waals surface area contributed by atoms with Gasteiger partial charge in [-0.25, -0.2) is 0 Å². The molecule has 2 rings (SSSR count). The molecule has 2 nitrogen and oxygen atoms in total. The minimum atomic E-state index is 0.561. The Balaban J connectivity index is 2.10. The van der Waals surface area contributed by atoms with E-state index in [1.807, 2.05) is 19.1 Å². The number of rotatable bonds is 5. The lowest BCUT2D eigenvalue weighted by Gasteiger charge is -2.14. The highest BCUT2D eigenvalue weighted by Gasteiger charge is 2.07. The Kier molecular flexibility index (Phi) is 5.13. The summed E-state index contributed by atoms with van der Waals surface area (Å²) in [4.78, 5) is 0. The number of methoxy groups -OCH3 is 1. The Bertz CT molecular complexity index is 605. The lowest BCUT2D eigenvalue weighted by molar-refractivity contribution is 0.416. The normalized spacial score (nSPS) is 10.8. The zero-order chi connectivity index (χ0) is 15.4. The van der Waals surface area contributed by atoms with Crippen LogP contribution in [0.4, 0.5) is 5.69 Å². The number of hydrogen-bond donors (Lipinski definition) is 1. The minimum absolute atomic E-state index is 0.561. The van der Waals surface area contributed by atoms with E-state index in [2.05, 4.69) is 43.4 Å². The van der Waals surface area contributed by atoms with Crippen molar-refractivity contribution in [1.82, 2.24) is 0 Å². The third-order valence-electron chi connectivity index (χ3n) is 3.61. The van der Waals surface area contributed by atoms with Crippen molar-refractivity contribution in [2.45, 2.75) is 33.2 Å². The van der Waals surface area contributed by atoms with Crippen molar-refractivity contribution in [2.75, 3.05) is 12.4 Å². The second-order valence-corrected chi connectivity index (χ2v) is 5.96. The number of nitrogens with one attached hydrogen (secondary N) is 1. The van der Waals surface area contributed by atoms with Crippen molar-refractivity contribution < 1.29 is 4.74 Å². The fourth-order valence-electron chi connectivity index (χ4n) is 2.19. The summed E-state index contributed by atoms with van der Waals surface area (Å²) < 4.78 is 5.37. The highest BCUT2D eigenvalue weighted by atomic mass is 35.5. The summed E-state index contributed by atoms with van der Waals surface area (Å²) in [7, 11) is 1.66. The maximum Gasteiger partial charge on any atom is 0.143 e. The molecule has 21 heavy (non-hydrogen) atoms. The topological polar surface area (TPSA) is 21.3 Å². The second kappa shape index (κ2) is 6.86. The molecule has 0 fully saturated rings. The number of ether oxygens (including phenoxy) is 1. The van der Waals surface area contributed by atoms with Gasteiger partial charge in [-0.1, -0.05) is 49.7 Å². The van der Waals surface area contributed by atoms with E-state index in [-0.39, 0.29) is 0 Å². The van der Waals surface area contributed by atoms with Gasteiger partial charge in [0.15, 0.2) is 0 Å². The molecule has 0 aliphatic rings. The molecule has 2 aromatic rings. The first kappa shape index (κ1) is 15.7. The van der Waals surface area contributed by atoms with Crippen molar-refractivity contribution in [3.8, 4) is 5.75 Å². The van der Waals surface area contributed by atoms with Gasteiger partial charge in [0.25, 0.3) is 0 Å². The third kappa shape index (κ3) is 3.92. The van der Waals surface area contributed by atoms with Gasteiger partial charge in [0.05, 0.1) is 12.8 Å². The van der Waals surface area contributed by atoms with Crippen LogP contribution in [0, 0.1) is 6.92 Å². The zero-order valence-electron chi connectivity index (χ0n) is 13.0. The summed E-state index contributed by atoms with van der Waals surface area (Å²) >= 11 is 6.12. The lowest BCUT2D eigenvalue weighted by atomic mass is 10.0. The molecule has 2 aromatic carbocycles. The summed E-state index contributed by atoms with van der Waals surface area (Å²) in [6, 6.07) is 12.6. The van der Waals surface area contributed by atoms with E-state index < -0.39 is 0 Å². The van der Waals surface area contributed by atoms with Gasteiger partial charge >= 0.3 is 0 Å². The fourth-order valence-corrected chi connectivity index (χ4v) is 2.34. The molecule has 0 heterocycles. The van der Waals surface area contributed by atoms with Gasteiger partial charge in [0.1, 0.15) is 5.75 Å². The molecule has 0 spiro atoms. The first-order valence-corrected chi connectivity index (χ1v) is 7.56. The molecular formula is C18H22ClNO. The molecular weight excluding hydrogens is 282 g/mol. The van der Waals surface area contributed by atoms with Crippen molar-refractivity contribution in [3.05, 3.63) is 58.1 Å². The van der Waals surface area contributed by atoms with Gasteiger partial charge < -0.3 is 10.1 Å². The maximum absolute atomic E-state index is 6.12. The highest BCUT2D eigenvalue weighted by molar-refractivity contribution is 6.31. The second-order valence-electron chi connectivity index (χ2n) is 5.55. The smallest absolute Gasteiger partial charge is 0.143 e. The van der Waals surface area contributed by atoms with Crippen LogP contribution < -0.4 is 10.1 Å². The Morgan fingerprint density at radius 3 is 2.38 bits per heavy atom. The molecule has 0 aliphatic carbocycles. The molecule has 0 unspecified atom stereocenters. The molecule has 3 heteroatoms. The summed E-state index contributed by atoms with van der Waals surface area (Å²) in [5.41, 5.74) is 4.61. The third-order valence-corrected chi connectivity index (χ3v) is 4.02. The first-order valence-electron chi connectivity index (χ1n) is 7.18. The Labute approximate surface area is 132 Å². The van der Waals surface area contributed by atoms with Crippen LogP contribution in [0.25, 0.3) is 0 Å². The van der Waals surface area contributed by atoms with Crippen LogP contribution in [-0.4, -0.2) is 7.11 Å². The monoisotopic (exact) mass is 303 g/mol. The average Bonchev–Trinajstić information content (AvgIpc) is 2.48. The van der Waals surface area contributed by atoms with Crippen LogP contribution in [0.1, 0.15) is 36.5 Å². The largest absolute Gasteiger partial charge is 0.495 e. The Morgan fingerprint density at radius 2 is 1.81 bits per heavy atom. The molecule has 0 saturated carbocycles. The van der Waals surface area contributed by atoms with E-state index in [4.69, 9.17) is 16.3 Å². The van der Waals surface area contributed by atoms with Crippen molar-refractivity contribution in [1.29, 1.82) is 0 Å². The zero-order valence-corrected chi connectivity index (χ0v) is 13.8. The van der Waals surface area contributed by atoms with E-state index in [0.717, 1.165) is 28.6 Å². The number of benzene rings is 2. The van der Waals surface area contributed by atoms with Gasteiger partial charge in [-0.05, 0) is 35.6 Å². The molecule has 0 atom stereocenters. The van der Waals surface area contributed by atoms with Crippen LogP contribution in [0.5, 0.6) is 5.75 Å². The molecule has 0 saturated heterocycles. The first-order chi connectivity index (χ1) is 10.0. The molecule has 112 valence electrons. The van der Waals surface area contributed by atoms with Gasteiger partial charge in [-0.3, -0.25) is 0 Å². The number of halogens is 1. The summed E-state index contributed by atoms with van der Waals surface area (Å²) in [6.07, 6.45) is 0. The van der Waals surface area contributed by atoms with E-state index in [0.29, 0.717) is 5.92 Å². The summed E-state index contributed by atoms with van der Waals surface area (Å²) in [5.74, 6) is 1.33. The van der Waals surface area contributed by atoms with E-state index in [1.165, 1.54) is 11.1 Å². The summed E-state index contributed by atoms with van der Waals surface area (Å²) in [6.45, 7) is 7.16. The van der Waals surface area contributed by atoms with Gasteiger partial charge in [-0.15, -0.1) is 0 Å². The number of aryl methyl sites for hydroxylation is 1. The molecule has 1 N–H and O–H groups in total. The number of hydrogen-bond acceptors (Lipinski definition) is 2. The van der Waals surface area contributed by atoms with E-state index >= 15 is 0 Å². The Hall–Kier alpha value is -1.67. The van der Waals surface area contributed by atoms with Gasteiger partial charge in [0.2, 0.25) is 0 Å². The molecule has 0 radical (unpaired) electrons. The lowest BCUT2D eigenvalue weighted by Crippen LogP contribution is -2.02. The van der Waals surface area contributed by atoms with E-state index in [9.17, 15) is 0 Å². The van der Waals surface area contributed by atoms with Crippen LogP contribution in [-0.2, 0) is 6.54 Å². The van der Waals surface area contributed by atoms with Crippen molar-refractivity contribution in [2.24, 2.45) is 0 Å². The predicted molar refractivity (Wildman–Crippen MR) is 90.6 cm³/mol. The van der Waals surface area contributed by atoms with Crippen molar-refractivity contribution >= 4 is 17.3 Å². The van der Waals surface area contributed by atoms with Crippen LogP contribution >= 0.6 is 11.6 Å². The molecule has 0 aromatic heterocycles. The average molecular weight is 304 g/mol. The predicted octanol–water partition coefficient (Wildman–Crippen LogP) is 5.39. The van der Waals surface area contributed by atoms with Gasteiger partial charge in [-0.2, -0.15) is 0 Å². The molecule has 0 bridgehead atoms. The van der Waals surface area contributed by atoms with E-state index in [1.54, 1.807) is 7.11 Å². The summed E-state index contributed by atoms with van der Waals surface area (Å²) in [5, 5.41) is 4.13. The number of anilines is 1. The van der Waals surface area contributed by atoms with Gasteiger partial charge in [0, 0.05) is 17.6 Å². The minimum Gasteiger partial charge on any atom is -0.495 e. The highest BCUT2D eigenvalue weighted by Crippen LogP contribution is 2.31. The van der Waals surface area contributed by atoms with Crippen LogP contribution in [0.15, 0.2) is 36.4 Å². The molecule has 0 aliphatic heterocycles. The van der Waals surface area contributed by atoms with Crippen LogP contribution in [0.3, 0.4) is 0 Å². The standard InChI is InChI=1S/C18H22ClNO/c1-12(2)15-7-5-14(6-8-15)11-20-17-9-13(3)16(19)10-18(17)21-4/h5-10,12,20H,11H2,1-4H3. The molecule has 0 amide bonds.